The van der Waals surface area contributed by atoms with Crippen molar-refractivity contribution in [2.24, 2.45) is 10.2 Å². The molecule has 1 heterocycles. The van der Waals surface area contributed by atoms with Crippen LogP contribution in [-0.4, -0.2) is 22.0 Å². The van der Waals surface area contributed by atoms with E-state index in [1.165, 1.54) is 0 Å². The fourth-order valence-electron chi connectivity index (χ4n) is 1.91. The molecule has 9 heteroatoms. The molecule has 2 aromatic carbocycles. The molecule has 25 heavy (non-hydrogen) atoms. The van der Waals surface area contributed by atoms with Crippen molar-refractivity contribution in [3.8, 4) is 0 Å². The monoisotopic (exact) mass is 423 g/mol. The van der Waals surface area contributed by atoms with E-state index >= 15 is 0 Å². The molecule has 3 rings (SSSR count). The van der Waals surface area contributed by atoms with Crippen LogP contribution < -0.4 is 68.8 Å². The van der Waals surface area contributed by atoms with E-state index in [0.29, 0.717) is 17.6 Å². The molecule has 0 amide bonds. The van der Waals surface area contributed by atoms with Crippen LogP contribution in [0.15, 0.2) is 58.8 Å². The van der Waals surface area contributed by atoms with Gasteiger partial charge in [-0.25, -0.2) is 0 Å². The Morgan fingerprint density at radius 3 is 2.20 bits per heavy atom. The molecule has 1 aromatic heterocycles. The van der Waals surface area contributed by atoms with E-state index in [1.54, 1.807) is 19.2 Å². The van der Waals surface area contributed by atoms with Gasteiger partial charge in [-0.1, -0.05) is 23.9 Å². The molecule has 120 valence electrons. The number of hydrogen-bond acceptors (Lipinski definition) is 7. The van der Waals surface area contributed by atoms with Gasteiger partial charge >= 0.3 is 58.2 Å². The molecular formula is C16H13ClN7Rb. The minimum atomic E-state index is 0. The summed E-state index contributed by atoms with van der Waals surface area (Å²) < 4.78 is 0. The first-order valence-electron chi connectivity index (χ1n) is 7.05. The summed E-state index contributed by atoms with van der Waals surface area (Å²) in [5, 5.41) is 13.8. The zero-order chi connectivity index (χ0) is 16.8. The van der Waals surface area contributed by atoms with Crippen LogP contribution in [0, 0.1) is 6.07 Å². The van der Waals surface area contributed by atoms with Gasteiger partial charge in [-0.15, -0.1) is 12.1 Å². The van der Waals surface area contributed by atoms with Crippen LogP contribution in [0.25, 0.3) is 0 Å². The standard InChI is InChI=1S/C16H13ClN7.Rb/c1-18-24-13-9-7-12(8-10-13)20-16-22-14(17)21-15(23-16)19-11-5-3-2-4-6-11;/h2-9H,1H3,(H2,19,20,21,22,23);/q-1;+1. The van der Waals surface area contributed by atoms with E-state index in [1.807, 2.05) is 36.4 Å². The van der Waals surface area contributed by atoms with Crippen molar-refractivity contribution < 1.29 is 58.2 Å². The van der Waals surface area contributed by atoms with Gasteiger partial charge in [0.2, 0.25) is 17.2 Å². The molecule has 3 aromatic rings. The number of benzene rings is 2. The summed E-state index contributed by atoms with van der Waals surface area (Å²) in [4.78, 5) is 12.4. The number of rotatable bonds is 5. The summed E-state index contributed by atoms with van der Waals surface area (Å²) >= 11 is 5.97. The Morgan fingerprint density at radius 2 is 1.60 bits per heavy atom. The summed E-state index contributed by atoms with van der Waals surface area (Å²) in [5.74, 6) is 0.677. The van der Waals surface area contributed by atoms with Gasteiger partial charge < -0.3 is 10.6 Å². The predicted molar refractivity (Wildman–Crippen MR) is 93.6 cm³/mol. The molecule has 0 unspecified atom stereocenters. The van der Waals surface area contributed by atoms with Gasteiger partial charge in [-0.2, -0.15) is 37.3 Å². The Labute approximate surface area is 199 Å². The Hall–Kier alpha value is -1.25. The van der Waals surface area contributed by atoms with E-state index in [-0.39, 0.29) is 63.5 Å². The number of para-hydroxylation sites is 1. The van der Waals surface area contributed by atoms with Gasteiger partial charge in [-0.3, -0.25) is 0 Å². The first-order chi connectivity index (χ1) is 11.7. The second kappa shape index (κ2) is 10.0. The third-order valence-electron chi connectivity index (χ3n) is 2.90. The predicted octanol–water partition coefficient (Wildman–Crippen LogP) is 1.53. The molecule has 0 spiro atoms. The van der Waals surface area contributed by atoms with E-state index in [4.69, 9.17) is 11.6 Å². The third-order valence-corrected chi connectivity index (χ3v) is 3.07. The number of azo groups is 1. The number of halogens is 1. The summed E-state index contributed by atoms with van der Waals surface area (Å²) in [7, 11) is 1.61. The number of nitrogens with zero attached hydrogens (tertiary/aromatic N) is 5. The van der Waals surface area contributed by atoms with E-state index in [0.717, 1.165) is 11.4 Å². The second-order valence-corrected chi connectivity index (χ2v) is 4.97. The van der Waals surface area contributed by atoms with Crippen molar-refractivity contribution in [3.05, 3.63) is 59.9 Å². The maximum absolute atomic E-state index is 5.97. The smallest absolute Gasteiger partial charge is 0.377 e. The Bertz CT molecular complexity index is 841. The maximum atomic E-state index is 5.97. The number of hydrogen-bond donors (Lipinski definition) is 2. The van der Waals surface area contributed by atoms with Crippen molar-refractivity contribution in [3.63, 3.8) is 0 Å². The van der Waals surface area contributed by atoms with Gasteiger partial charge in [0.05, 0.1) is 0 Å². The molecule has 0 atom stereocenters. The van der Waals surface area contributed by atoms with Crippen LogP contribution in [-0.2, 0) is 0 Å². The van der Waals surface area contributed by atoms with Crippen LogP contribution in [0.3, 0.4) is 0 Å². The maximum Gasteiger partial charge on any atom is 1.00 e. The number of nitrogens with one attached hydrogen (secondary N) is 2. The molecule has 0 aliphatic carbocycles. The Balaban J connectivity index is 0.00000225. The zero-order valence-corrected chi connectivity index (χ0v) is 19.4. The molecule has 0 saturated carbocycles. The Kier molecular flexibility index (Phi) is 8.05. The molecule has 0 bridgehead atoms. The average Bonchev–Trinajstić information content (AvgIpc) is 2.57. The van der Waals surface area contributed by atoms with Crippen LogP contribution in [0.2, 0.25) is 5.28 Å². The van der Waals surface area contributed by atoms with Crippen molar-refractivity contribution in [1.82, 2.24) is 15.0 Å². The van der Waals surface area contributed by atoms with E-state index in [9.17, 15) is 0 Å². The second-order valence-electron chi connectivity index (χ2n) is 4.63. The molecule has 0 fully saturated rings. The first kappa shape index (κ1) is 20.1. The van der Waals surface area contributed by atoms with Crippen molar-refractivity contribution in [2.75, 3.05) is 17.7 Å². The van der Waals surface area contributed by atoms with E-state index < -0.39 is 0 Å². The van der Waals surface area contributed by atoms with Crippen LogP contribution >= 0.6 is 11.6 Å². The molecule has 2 N–H and O–H groups in total. The number of aromatic nitrogens is 3. The van der Waals surface area contributed by atoms with Gasteiger partial charge in [-0.05, 0) is 29.4 Å². The zero-order valence-electron chi connectivity index (χ0n) is 13.7. The largest absolute Gasteiger partial charge is 1.00 e. The SMILES string of the molecule is CN=Nc1[c-]cc(Nc2nc(Cl)nc(Nc3ccccc3)n2)cc1.[Rb+]. The van der Waals surface area contributed by atoms with Crippen molar-refractivity contribution in [2.45, 2.75) is 0 Å². The van der Waals surface area contributed by atoms with E-state index in [2.05, 4.69) is 41.9 Å². The van der Waals surface area contributed by atoms with Crippen molar-refractivity contribution in [1.29, 1.82) is 0 Å². The molecule has 0 radical (unpaired) electrons. The molecule has 0 aliphatic heterocycles. The van der Waals surface area contributed by atoms with Crippen molar-refractivity contribution >= 4 is 40.6 Å². The summed E-state index contributed by atoms with van der Waals surface area (Å²) in [6.45, 7) is 0. The normalized spacial score (nSPS) is 10.3. The molecule has 7 nitrogen and oxygen atoms in total. The molecular weight excluding hydrogens is 411 g/mol. The van der Waals surface area contributed by atoms with Crippen LogP contribution in [0.5, 0.6) is 0 Å². The van der Waals surface area contributed by atoms with Gasteiger partial charge in [0, 0.05) is 12.7 Å². The average molecular weight is 424 g/mol. The van der Waals surface area contributed by atoms with Gasteiger partial charge in [0.1, 0.15) is 0 Å². The quantitative estimate of drug-likeness (QED) is 0.479. The Morgan fingerprint density at radius 1 is 0.920 bits per heavy atom. The number of anilines is 4. The van der Waals surface area contributed by atoms with Crippen LogP contribution in [0.1, 0.15) is 0 Å². The summed E-state index contributed by atoms with van der Waals surface area (Å²) in [6, 6.07) is 17.9. The first-order valence-corrected chi connectivity index (χ1v) is 7.43. The summed E-state index contributed by atoms with van der Waals surface area (Å²) in [6.07, 6.45) is 0. The third kappa shape index (κ3) is 6.20. The fourth-order valence-corrected chi connectivity index (χ4v) is 2.07. The fraction of sp³-hybridized carbons (Fsp3) is 0.0625. The van der Waals surface area contributed by atoms with Gasteiger partial charge in [0.25, 0.3) is 0 Å². The summed E-state index contributed by atoms with van der Waals surface area (Å²) in [5.41, 5.74) is 2.24. The minimum Gasteiger partial charge on any atom is -0.377 e. The van der Waals surface area contributed by atoms with Gasteiger partial charge in [0.15, 0.2) is 0 Å². The molecule has 0 aliphatic rings. The topological polar surface area (TPSA) is 87.5 Å². The molecule has 0 saturated heterocycles. The van der Waals surface area contributed by atoms with Crippen LogP contribution in [0.4, 0.5) is 29.0 Å². The minimum absolute atomic E-state index is 0.